The lowest BCUT2D eigenvalue weighted by Crippen LogP contribution is -2.50. The molecule has 47 heavy (non-hydrogen) atoms. The van der Waals surface area contributed by atoms with Gasteiger partial charge >= 0.3 is 6.09 Å². The standard InChI is InChI=1S/C38H52N4O3SSi/c1-24-39-33-28(18-21-32(33)46-24)35-40-29-23-25(16-19-30(29)41(35)8)22-27-17-20-31(42(27)36(43)44-37(2,3)4)34(26-14-12-11-13-15-26)45-47(9,10)38(5,6)7/h11-16,19,23,27-28,31,34H,17-18,20-22H2,1-10H3/t27-,28+,31+,34+/m0/s1. The van der Waals surface area contributed by atoms with Gasteiger partial charge < -0.3 is 13.7 Å². The molecule has 1 aliphatic carbocycles. The fraction of sp³-hybridized carbons (Fsp3) is 0.553. The molecule has 0 N–H and O–H groups in total. The molecule has 2 aromatic carbocycles. The fourth-order valence-corrected chi connectivity index (χ4v) is 9.38. The number of aryl methyl sites for hydroxylation is 3. The Morgan fingerprint density at radius 2 is 1.74 bits per heavy atom. The first kappa shape index (κ1) is 33.9. The second-order valence-corrected chi connectivity index (χ2v) is 22.1. The van der Waals surface area contributed by atoms with Crippen LogP contribution < -0.4 is 0 Å². The molecule has 2 aromatic heterocycles. The van der Waals surface area contributed by atoms with Crippen LogP contribution in [-0.2, 0) is 29.1 Å². The van der Waals surface area contributed by atoms with Crippen molar-refractivity contribution in [2.45, 2.75) is 128 Å². The maximum Gasteiger partial charge on any atom is 0.410 e. The zero-order valence-corrected chi connectivity index (χ0v) is 31.7. The minimum Gasteiger partial charge on any atom is -0.444 e. The molecule has 0 bridgehead atoms. The SMILES string of the molecule is Cc1nc2c(s1)CC[C@H]2c1nc2cc(C[C@@H]3CC[C@H]([C@H](O[Si](C)(C)C(C)(C)C)c4ccccc4)N3C(=O)OC(C)(C)C)ccc2n1C. The van der Waals surface area contributed by atoms with Crippen LogP contribution in [0.3, 0.4) is 0 Å². The summed E-state index contributed by atoms with van der Waals surface area (Å²) in [5.74, 6) is 1.33. The molecule has 1 aliphatic heterocycles. The molecular formula is C38H52N4O3SSi. The first-order chi connectivity index (χ1) is 22.0. The monoisotopic (exact) mass is 672 g/mol. The second-order valence-electron chi connectivity index (χ2n) is 16.1. The predicted octanol–water partition coefficient (Wildman–Crippen LogP) is 9.49. The van der Waals surface area contributed by atoms with E-state index < -0.39 is 13.9 Å². The van der Waals surface area contributed by atoms with Crippen molar-refractivity contribution in [1.82, 2.24) is 19.4 Å². The minimum absolute atomic E-state index is 0.0138. The number of aromatic nitrogens is 3. The molecule has 6 rings (SSSR count). The van der Waals surface area contributed by atoms with Crippen LogP contribution in [0.4, 0.5) is 4.79 Å². The molecule has 0 spiro atoms. The highest BCUT2D eigenvalue weighted by Gasteiger charge is 2.47. The number of rotatable bonds is 7. The van der Waals surface area contributed by atoms with Crippen molar-refractivity contribution in [3.63, 3.8) is 0 Å². The van der Waals surface area contributed by atoms with Crippen LogP contribution in [0.1, 0.15) is 105 Å². The Labute approximate surface area is 285 Å². The quantitative estimate of drug-likeness (QED) is 0.183. The molecule has 3 heterocycles. The van der Waals surface area contributed by atoms with E-state index in [4.69, 9.17) is 19.1 Å². The van der Waals surface area contributed by atoms with Crippen LogP contribution in [0.2, 0.25) is 18.1 Å². The number of thiazole rings is 1. The van der Waals surface area contributed by atoms with Crippen LogP contribution in [0.5, 0.6) is 0 Å². The molecule has 1 fully saturated rings. The molecule has 252 valence electrons. The Bertz CT molecular complexity index is 1750. The lowest BCUT2D eigenvalue weighted by molar-refractivity contribution is -0.00238. The van der Waals surface area contributed by atoms with Gasteiger partial charge in [-0.3, -0.25) is 4.90 Å². The number of carbonyl (C=O) groups excluding carboxylic acids is 1. The summed E-state index contributed by atoms with van der Waals surface area (Å²) in [6, 6.07) is 17.0. The number of hydrogen-bond donors (Lipinski definition) is 0. The van der Waals surface area contributed by atoms with Gasteiger partial charge in [0, 0.05) is 18.0 Å². The van der Waals surface area contributed by atoms with Gasteiger partial charge in [-0.2, -0.15) is 0 Å². The van der Waals surface area contributed by atoms with E-state index in [9.17, 15) is 4.79 Å². The van der Waals surface area contributed by atoms with Gasteiger partial charge in [-0.25, -0.2) is 14.8 Å². The van der Waals surface area contributed by atoms with Gasteiger partial charge in [0.2, 0.25) is 0 Å². The van der Waals surface area contributed by atoms with Crippen molar-refractivity contribution in [2.75, 3.05) is 0 Å². The molecule has 7 nitrogen and oxygen atoms in total. The van der Waals surface area contributed by atoms with Gasteiger partial charge in [-0.1, -0.05) is 57.2 Å². The molecule has 1 saturated heterocycles. The maximum absolute atomic E-state index is 14.1. The molecule has 4 aromatic rings. The molecule has 4 atom stereocenters. The van der Waals surface area contributed by atoms with E-state index in [2.05, 4.69) is 94.9 Å². The highest BCUT2D eigenvalue weighted by molar-refractivity contribution is 7.11. The Balaban J connectivity index is 1.32. The van der Waals surface area contributed by atoms with Gasteiger partial charge in [0.25, 0.3) is 0 Å². The van der Waals surface area contributed by atoms with Crippen molar-refractivity contribution in [2.24, 2.45) is 7.05 Å². The van der Waals surface area contributed by atoms with Crippen molar-refractivity contribution in [3.8, 4) is 0 Å². The summed E-state index contributed by atoms with van der Waals surface area (Å²) in [5.41, 5.74) is 5.04. The van der Waals surface area contributed by atoms with Crippen LogP contribution >= 0.6 is 11.3 Å². The number of benzene rings is 2. The smallest absolute Gasteiger partial charge is 0.410 e. The average Bonchev–Trinajstić information content (AvgIpc) is 3.73. The van der Waals surface area contributed by atoms with Gasteiger partial charge in [0.1, 0.15) is 11.4 Å². The lowest BCUT2D eigenvalue weighted by Gasteiger charge is -2.43. The number of fused-ring (bicyclic) bond motifs is 2. The number of hydrogen-bond acceptors (Lipinski definition) is 6. The van der Waals surface area contributed by atoms with E-state index in [0.29, 0.717) is 0 Å². The van der Waals surface area contributed by atoms with Crippen molar-refractivity contribution in [1.29, 1.82) is 0 Å². The third-order valence-electron chi connectivity index (χ3n) is 10.4. The fourth-order valence-electron chi connectivity index (χ4n) is 7.09. The molecular weight excluding hydrogens is 621 g/mol. The zero-order chi connectivity index (χ0) is 33.9. The van der Waals surface area contributed by atoms with E-state index in [1.807, 2.05) is 43.1 Å². The molecule has 1 amide bonds. The van der Waals surface area contributed by atoms with Crippen molar-refractivity contribution < 1.29 is 14.0 Å². The van der Waals surface area contributed by atoms with Crippen molar-refractivity contribution in [3.05, 3.63) is 81.1 Å². The van der Waals surface area contributed by atoms with E-state index >= 15 is 0 Å². The third kappa shape index (κ3) is 6.81. The summed E-state index contributed by atoms with van der Waals surface area (Å²) >= 11 is 1.82. The second kappa shape index (κ2) is 12.5. The largest absolute Gasteiger partial charge is 0.444 e. The predicted molar refractivity (Wildman–Crippen MR) is 194 cm³/mol. The van der Waals surface area contributed by atoms with Gasteiger partial charge in [-0.05, 0) is 101 Å². The van der Waals surface area contributed by atoms with Crippen LogP contribution in [0.25, 0.3) is 11.0 Å². The Hall–Kier alpha value is -3.01. The number of carbonyl (C=O) groups is 1. The summed E-state index contributed by atoms with van der Waals surface area (Å²) < 4.78 is 15.5. The maximum atomic E-state index is 14.1. The number of imidazole rings is 1. The van der Waals surface area contributed by atoms with Gasteiger partial charge in [0.15, 0.2) is 8.32 Å². The first-order valence-corrected chi connectivity index (χ1v) is 20.9. The third-order valence-corrected chi connectivity index (χ3v) is 15.9. The van der Waals surface area contributed by atoms with E-state index in [1.165, 1.54) is 16.1 Å². The molecule has 2 aliphatic rings. The van der Waals surface area contributed by atoms with E-state index in [1.54, 1.807) is 0 Å². The van der Waals surface area contributed by atoms with E-state index in [0.717, 1.165) is 59.5 Å². The molecule has 0 unspecified atom stereocenters. The Kier molecular flexibility index (Phi) is 8.98. The summed E-state index contributed by atoms with van der Waals surface area (Å²) in [4.78, 5) is 27.6. The Morgan fingerprint density at radius 3 is 2.43 bits per heavy atom. The highest BCUT2D eigenvalue weighted by atomic mass is 32.1. The van der Waals surface area contributed by atoms with Crippen molar-refractivity contribution >= 4 is 36.8 Å². The number of likely N-dealkylation sites (tertiary alicyclic amines) is 1. The molecule has 9 heteroatoms. The number of amides is 1. The summed E-state index contributed by atoms with van der Waals surface area (Å²) in [5, 5.41) is 1.17. The topological polar surface area (TPSA) is 69.5 Å². The van der Waals surface area contributed by atoms with Gasteiger partial charge in [0.05, 0.1) is 39.8 Å². The lowest BCUT2D eigenvalue weighted by atomic mass is 10.0. The normalized spacial score (nSPS) is 21.0. The van der Waals surface area contributed by atoms with Crippen LogP contribution in [-0.4, -0.2) is 51.5 Å². The average molecular weight is 673 g/mol. The Morgan fingerprint density at radius 1 is 1.02 bits per heavy atom. The minimum atomic E-state index is -2.18. The molecule has 0 saturated carbocycles. The summed E-state index contributed by atoms with van der Waals surface area (Å²) in [7, 11) is -0.0602. The molecule has 0 radical (unpaired) electrons. The summed E-state index contributed by atoms with van der Waals surface area (Å²) in [6.07, 6.45) is 4.11. The highest BCUT2D eigenvalue weighted by Crippen LogP contribution is 2.45. The number of nitrogens with zero attached hydrogens (tertiary/aromatic N) is 4. The summed E-state index contributed by atoms with van der Waals surface area (Å²) in [6.45, 7) is 19.3. The van der Waals surface area contributed by atoms with E-state index in [-0.39, 0.29) is 35.2 Å². The van der Waals surface area contributed by atoms with Crippen LogP contribution in [0.15, 0.2) is 48.5 Å². The van der Waals surface area contributed by atoms with Crippen LogP contribution in [0, 0.1) is 6.92 Å². The first-order valence-electron chi connectivity index (χ1n) is 17.2. The zero-order valence-electron chi connectivity index (χ0n) is 29.9. The number of ether oxygens (including phenoxy) is 1. The van der Waals surface area contributed by atoms with Gasteiger partial charge in [-0.15, -0.1) is 11.3 Å².